The van der Waals surface area contributed by atoms with Crippen LogP contribution in [0.1, 0.15) is 28.3 Å². The molecule has 7 nitrogen and oxygen atoms in total. The molecule has 2 heterocycles. The number of rotatable bonds is 7. The Balaban J connectivity index is 0.000000211. The van der Waals surface area contributed by atoms with Crippen LogP contribution in [-0.4, -0.2) is 16.3 Å². The first-order chi connectivity index (χ1) is 25.8. The fourth-order valence-corrected chi connectivity index (χ4v) is 5.93. The summed E-state index contributed by atoms with van der Waals surface area (Å²) in [5, 5.41) is 0.141. The molecule has 0 radical (unpaired) electrons. The molecule has 6 aromatic rings. The lowest BCUT2D eigenvalue weighted by atomic mass is 10.0. The van der Waals surface area contributed by atoms with Crippen molar-refractivity contribution in [1.82, 2.24) is 9.97 Å². The van der Waals surface area contributed by atoms with E-state index in [9.17, 15) is 35.9 Å². The SMILES string of the molecule is Cc1[nH]c(C)c(-c2ccc(Oc3ccc(OC(F)(F)F)cc3)cc2)c(=O)c1Cl.Cc1[nH]c(C)c(-c2ccc(Oc3cccc(C(F)(F)F)c3)cc2)c(=O)c1Br. The number of halogens is 8. The van der Waals surface area contributed by atoms with E-state index in [1.54, 1.807) is 69.3 Å². The first-order valence-corrected chi connectivity index (χ1v) is 17.4. The summed E-state index contributed by atoms with van der Waals surface area (Å²) >= 11 is 9.33. The van der Waals surface area contributed by atoms with Crippen LogP contribution in [0.15, 0.2) is 111 Å². The molecule has 2 N–H and O–H groups in total. The highest BCUT2D eigenvalue weighted by atomic mass is 79.9. The van der Waals surface area contributed by atoms with Crippen LogP contribution in [0.2, 0.25) is 5.02 Å². The van der Waals surface area contributed by atoms with Gasteiger partial charge in [0, 0.05) is 33.9 Å². The van der Waals surface area contributed by atoms with Crippen LogP contribution >= 0.6 is 27.5 Å². The summed E-state index contributed by atoms with van der Waals surface area (Å²) in [5.74, 6) is 0.930. The molecular weight excluding hydrogens is 818 g/mol. The molecule has 286 valence electrons. The largest absolute Gasteiger partial charge is 0.573 e. The molecule has 0 aliphatic rings. The lowest BCUT2D eigenvalue weighted by Gasteiger charge is -2.11. The van der Waals surface area contributed by atoms with E-state index in [2.05, 4.69) is 30.6 Å². The van der Waals surface area contributed by atoms with Crippen molar-refractivity contribution in [3.8, 4) is 51.0 Å². The lowest BCUT2D eigenvalue weighted by Crippen LogP contribution is -2.16. The highest BCUT2D eigenvalue weighted by molar-refractivity contribution is 9.10. The van der Waals surface area contributed by atoms with Gasteiger partial charge >= 0.3 is 12.5 Å². The van der Waals surface area contributed by atoms with E-state index in [0.717, 1.165) is 35.7 Å². The van der Waals surface area contributed by atoms with Gasteiger partial charge in [0.2, 0.25) is 10.9 Å². The Morgan fingerprint density at radius 2 is 1.00 bits per heavy atom. The average molecular weight is 848 g/mol. The third-order valence-corrected chi connectivity index (χ3v) is 9.40. The van der Waals surface area contributed by atoms with Gasteiger partial charge in [0.15, 0.2) is 0 Å². The van der Waals surface area contributed by atoms with Crippen molar-refractivity contribution >= 4 is 27.5 Å². The van der Waals surface area contributed by atoms with Gasteiger partial charge in [0.05, 0.1) is 10.0 Å². The maximum atomic E-state index is 12.8. The Labute approximate surface area is 323 Å². The summed E-state index contributed by atoms with van der Waals surface area (Å²) in [6.07, 6.45) is -9.17. The molecule has 55 heavy (non-hydrogen) atoms. The molecule has 0 atom stereocenters. The number of H-pyrrole nitrogens is 2. The van der Waals surface area contributed by atoms with Crippen molar-refractivity contribution in [2.24, 2.45) is 0 Å². The van der Waals surface area contributed by atoms with E-state index in [4.69, 9.17) is 21.1 Å². The summed E-state index contributed by atoms with van der Waals surface area (Å²) in [7, 11) is 0. The van der Waals surface area contributed by atoms with Gasteiger partial charge < -0.3 is 24.2 Å². The van der Waals surface area contributed by atoms with E-state index in [1.807, 2.05) is 6.92 Å². The number of benzene rings is 4. The third kappa shape index (κ3) is 10.2. The smallest absolute Gasteiger partial charge is 0.457 e. The number of aryl methyl sites for hydroxylation is 4. The molecule has 0 unspecified atom stereocenters. The fourth-order valence-electron chi connectivity index (χ4n) is 5.49. The predicted molar refractivity (Wildman–Crippen MR) is 201 cm³/mol. The van der Waals surface area contributed by atoms with E-state index >= 15 is 0 Å². The van der Waals surface area contributed by atoms with Crippen LogP contribution in [0, 0.1) is 27.7 Å². The Morgan fingerprint density at radius 3 is 1.49 bits per heavy atom. The van der Waals surface area contributed by atoms with Crippen LogP contribution in [0.3, 0.4) is 0 Å². The Kier molecular flexibility index (Phi) is 12.2. The molecule has 0 bridgehead atoms. The summed E-state index contributed by atoms with van der Waals surface area (Å²) in [5.41, 5.74) is 3.95. The zero-order chi connectivity index (χ0) is 40.2. The van der Waals surface area contributed by atoms with Crippen LogP contribution in [0.4, 0.5) is 26.3 Å². The van der Waals surface area contributed by atoms with Gasteiger partial charge in [-0.25, -0.2) is 0 Å². The number of ether oxygens (including phenoxy) is 3. The zero-order valence-corrected chi connectivity index (χ0v) is 31.6. The zero-order valence-electron chi connectivity index (χ0n) is 29.3. The first-order valence-electron chi connectivity index (χ1n) is 16.2. The van der Waals surface area contributed by atoms with E-state index < -0.39 is 18.1 Å². The number of hydrogen-bond donors (Lipinski definition) is 2. The number of aromatic amines is 2. The van der Waals surface area contributed by atoms with E-state index in [1.165, 1.54) is 24.3 Å². The third-order valence-electron chi connectivity index (χ3n) is 7.99. The van der Waals surface area contributed by atoms with Crippen LogP contribution in [0.5, 0.6) is 28.7 Å². The van der Waals surface area contributed by atoms with Crippen molar-refractivity contribution in [2.75, 3.05) is 0 Å². The van der Waals surface area contributed by atoms with Crippen molar-refractivity contribution in [3.05, 3.63) is 155 Å². The normalized spacial score (nSPS) is 11.4. The second-order valence-corrected chi connectivity index (χ2v) is 13.3. The number of aromatic nitrogens is 2. The molecule has 2 aromatic heterocycles. The minimum Gasteiger partial charge on any atom is -0.457 e. The Hall–Kier alpha value is -5.47. The van der Waals surface area contributed by atoms with Crippen molar-refractivity contribution in [2.45, 2.75) is 40.2 Å². The van der Waals surface area contributed by atoms with Gasteiger partial charge in [0.1, 0.15) is 33.8 Å². The minimum absolute atomic E-state index is 0.0877. The molecule has 15 heteroatoms. The monoisotopic (exact) mass is 846 g/mol. The molecule has 0 fully saturated rings. The molecule has 0 amide bonds. The second-order valence-electron chi connectivity index (χ2n) is 12.1. The van der Waals surface area contributed by atoms with E-state index in [-0.39, 0.29) is 27.4 Å². The van der Waals surface area contributed by atoms with Gasteiger partial charge in [0.25, 0.3) is 0 Å². The van der Waals surface area contributed by atoms with Gasteiger partial charge in [-0.3, -0.25) is 9.59 Å². The van der Waals surface area contributed by atoms with Crippen molar-refractivity contribution in [3.63, 3.8) is 0 Å². The summed E-state index contributed by atoms with van der Waals surface area (Å²) in [4.78, 5) is 31.2. The number of nitrogens with one attached hydrogen (secondary N) is 2. The van der Waals surface area contributed by atoms with Crippen LogP contribution < -0.4 is 25.1 Å². The summed E-state index contributed by atoms with van der Waals surface area (Å²) in [6.45, 7) is 7.12. The summed E-state index contributed by atoms with van der Waals surface area (Å²) < 4.78 is 90.3. The molecule has 6 rings (SSSR count). The molecule has 0 aliphatic carbocycles. The Morgan fingerprint density at radius 1 is 0.564 bits per heavy atom. The van der Waals surface area contributed by atoms with Crippen molar-refractivity contribution in [1.29, 1.82) is 0 Å². The lowest BCUT2D eigenvalue weighted by molar-refractivity contribution is -0.274. The highest BCUT2D eigenvalue weighted by Crippen LogP contribution is 2.34. The minimum atomic E-state index is -4.74. The predicted octanol–water partition coefficient (Wildman–Crippen LogP) is 12.2. The molecular formula is C40H30BrClF6N2O5. The van der Waals surface area contributed by atoms with Gasteiger partial charge in [-0.15, -0.1) is 13.2 Å². The fraction of sp³-hybridized carbons (Fsp3) is 0.150. The topological polar surface area (TPSA) is 93.4 Å². The van der Waals surface area contributed by atoms with Crippen LogP contribution in [-0.2, 0) is 6.18 Å². The molecule has 4 aromatic carbocycles. The second kappa shape index (κ2) is 16.5. The molecule has 0 spiro atoms. The molecule has 0 aliphatic heterocycles. The first kappa shape index (κ1) is 40.7. The average Bonchev–Trinajstić information content (AvgIpc) is 3.11. The van der Waals surface area contributed by atoms with Gasteiger partial charge in [-0.05, 0) is 121 Å². The van der Waals surface area contributed by atoms with Gasteiger partial charge in [-0.1, -0.05) is 41.9 Å². The standard InChI is InChI=1S/C20H15BrF3NO2.C20H15ClF3NO3/c1-11-17(19(26)18(21)12(2)25-11)13-6-8-15(9-7-13)27-16-5-3-4-14(10-16)20(22,23)24;1-11-17(19(26)18(21)12(2)25-11)13-3-5-14(6-4-13)27-15-7-9-16(10-8-15)28-20(22,23)24/h3-10H,1-2H3,(H,25,26);3-10H,1-2H3,(H,25,26). The highest BCUT2D eigenvalue weighted by Gasteiger charge is 2.31. The maximum absolute atomic E-state index is 12.8. The number of hydrogen-bond acceptors (Lipinski definition) is 5. The molecule has 0 saturated heterocycles. The maximum Gasteiger partial charge on any atom is 0.573 e. The van der Waals surface area contributed by atoms with E-state index in [0.29, 0.717) is 55.4 Å². The van der Waals surface area contributed by atoms with Crippen LogP contribution in [0.25, 0.3) is 22.3 Å². The quantitative estimate of drug-likeness (QED) is 0.156. The summed E-state index contributed by atoms with van der Waals surface area (Å²) in [6, 6.07) is 23.1. The molecule has 0 saturated carbocycles. The Bertz CT molecular complexity index is 2430. The number of alkyl halides is 6. The van der Waals surface area contributed by atoms with Crippen molar-refractivity contribution < 1.29 is 40.6 Å². The number of pyridine rings is 2. The van der Waals surface area contributed by atoms with Gasteiger partial charge in [-0.2, -0.15) is 13.2 Å².